The van der Waals surface area contributed by atoms with Gasteiger partial charge < -0.3 is 4.90 Å². The summed E-state index contributed by atoms with van der Waals surface area (Å²) in [5, 5.41) is 4.88. The van der Waals surface area contributed by atoms with E-state index in [0.29, 0.717) is 0 Å². The van der Waals surface area contributed by atoms with Gasteiger partial charge in [0, 0.05) is 26.2 Å². The molecule has 0 aromatic rings. The lowest BCUT2D eigenvalue weighted by molar-refractivity contribution is -0.0456. The van der Waals surface area contributed by atoms with E-state index in [2.05, 4.69) is 48.1 Å². The number of rotatable bonds is 14. The first-order valence-electron chi connectivity index (χ1n) is 10.7. The molecule has 1 aliphatic heterocycles. The molecule has 144 valence electrons. The molecule has 0 radical (unpaired) electrons. The van der Waals surface area contributed by atoms with E-state index in [1.54, 1.807) is 0 Å². The average molecular weight is 341 g/mol. The van der Waals surface area contributed by atoms with Gasteiger partial charge in [0.15, 0.2) is 0 Å². The Hall–Kier alpha value is -0.160. The highest BCUT2D eigenvalue weighted by Gasteiger charge is 2.23. The highest BCUT2D eigenvalue weighted by molar-refractivity contribution is 4.73. The van der Waals surface area contributed by atoms with Crippen LogP contribution in [0.5, 0.6) is 0 Å². The van der Waals surface area contributed by atoms with Crippen molar-refractivity contribution in [2.24, 2.45) is 5.92 Å². The van der Waals surface area contributed by atoms with Crippen LogP contribution in [-0.2, 0) is 0 Å². The van der Waals surface area contributed by atoms with Gasteiger partial charge in [-0.15, -0.1) is 0 Å². The third-order valence-corrected chi connectivity index (χ3v) is 4.97. The first-order valence-corrected chi connectivity index (χ1v) is 10.7. The van der Waals surface area contributed by atoms with Gasteiger partial charge in [0.05, 0.1) is 0 Å². The molecule has 1 rings (SSSR count). The molecule has 4 nitrogen and oxygen atoms in total. The number of hydrogen-bond donors (Lipinski definition) is 1. The van der Waals surface area contributed by atoms with Gasteiger partial charge >= 0.3 is 0 Å². The van der Waals surface area contributed by atoms with Gasteiger partial charge in [0.2, 0.25) is 0 Å². The number of nitrogens with one attached hydrogen (secondary N) is 1. The van der Waals surface area contributed by atoms with E-state index in [-0.39, 0.29) is 0 Å². The number of hydrogen-bond acceptors (Lipinski definition) is 4. The average Bonchev–Trinajstić information content (AvgIpc) is 2.57. The van der Waals surface area contributed by atoms with Crippen molar-refractivity contribution in [3.8, 4) is 0 Å². The highest BCUT2D eigenvalue weighted by atomic mass is 15.8. The summed E-state index contributed by atoms with van der Waals surface area (Å²) in [7, 11) is 0. The molecule has 0 aromatic carbocycles. The van der Waals surface area contributed by atoms with Gasteiger partial charge in [0.25, 0.3) is 0 Å². The summed E-state index contributed by atoms with van der Waals surface area (Å²) in [5.74, 6) is 0.823. The Balaban J connectivity index is 2.35. The molecule has 0 aromatic heterocycles. The molecule has 1 aliphatic rings. The van der Waals surface area contributed by atoms with E-state index >= 15 is 0 Å². The molecule has 0 atom stereocenters. The molecule has 0 bridgehead atoms. The van der Waals surface area contributed by atoms with Crippen LogP contribution in [0.4, 0.5) is 0 Å². The van der Waals surface area contributed by atoms with Gasteiger partial charge in [0.1, 0.15) is 0 Å². The van der Waals surface area contributed by atoms with Gasteiger partial charge in [-0.3, -0.25) is 0 Å². The van der Waals surface area contributed by atoms with Crippen LogP contribution in [0.3, 0.4) is 0 Å². The molecule has 4 heteroatoms. The minimum Gasteiger partial charge on any atom is -0.303 e. The van der Waals surface area contributed by atoms with E-state index in [1.807, 2.05) is 0 Å². The highest BCUT2D eigenvalue weighted by Crippen LogP contribution is 2.16. The summed E-state index contributed by atoms with van der Waals surface area (Å²) >= 11 is 0. The normalized spacial score (nSPS) is 17.9. The smallest absolute Gasteiger partial charge is 0.0185 e. The SMILES string of the molecule is CCCCN(CCCC)CCCC1CN(CCC)NN(CCC)C1. The summed E-state index contributed by atoms with van der Waals surface area (Å²) in [5.41, 5.74) is 3.60. The molecule has 0 saturated carbocycles. The summed E-state index contributed by atoms with van der Waals surface area (Å²) < 4.78 is 0. The fourth-order valence-electron chi connectivity index (χ4n) is 3.67. The first-order chi connectivity index (χ1) is 11.7. The minimum atomic E-state index is 0.823. The van der Waals surface area contributed by atoms with Crippen LogP contribution in [0.15, 0.2) is 0 Å². The fourth-order valence-corrected chi connectivity index (χ4v) is 3.67. The van der Waals surface area contributed by atoms with Crippen molar-refractivity contribution in [2.45, 2.75) is 79.1 Å². The van der Waals surface area contributed by atoms with Crippen molar-refractivity contribution in [3.05, 3.63) is 0 Å². The van der Waals surface area contributed by atoms with E-state index in [9.17, 15) is 0 Å². The molecule has 24 heavy (non-hydrogen) atoms. The number of unbranched alkanes of at least 4 members (excludes halogenated alkanes) is 2. The van der Waals surface area contributed by atoms with Gasteiger partial charge in [-0.25, -0.2) is 10.0 Å². The molecule has 0 aliphatic carbocycles. The van der Waals surface area contributed by atoms with Crippen molar-refractivity contribution < 1.29 is 0 Å². The van der Waals surface area contributed by atoms with Crippen molar-refractivity contribution >= 4 is 0 Å². The standard InChI is InChI=1S/C20H44N4/c1-5-9-15-22(16-10-6-2)17-11-12-20-18-23(13-7-3)21-24(19-20)14-8-4/h20-21H,5-19H2,1-4H3. The zero-order chi connectivity index (χ0) is 17.6. The van der Waals surface area contributed by atoms with E-state index < -0.39 is 0 Å². The van der Waals surface area contributed by atoms with Crippen LogP contribution in [0.1, 0.15) is 79.1 Å². The lowest BCUT2D eigenvalue weighted by atomic mass is 10.0. The predicted octanol–water partition coefficient (Wildman–Crippen LogP) is 4.14. The molecular weight excluding hydrogens is 296 g/mol. The zero-order valence-corrected chi connectivity index (χ0v) is 17.0. The van der Waals surface area contributed by atoms with Crippen molar-refractivity contribution in [1.29, 1.82) is 0 Å². The predicted molar refractivity (Wildman–Crippen MR) is 106 cm³/mol. The van der Waals surface area contributed by atoms with Crippen LogP contribution in [0.2, 0.25) is 0 Å². The minimum absolute atomic E-state index is 0.823. The van der Waals surface area contributed by atoms with Crippen LogP contribution >= 0.6 is 0 Å². The third kappa shape index (κ3) is 9.36. The molecule has 0 unspecified atom stereocenters. The number of hydrazine groups is 2. The van der Waals surface area contributed by atoms with Crippen LogP contribution in [0.25, 0.3) is 0 Å². The Labute approximate surface area is 151 Å². The second kappa shape index (κ2) is 14.1. The maximum Gasteiger partial charge on any atom is 0.0185 e. The number of nitrogens with zero attached hydrogens (tertiary/aromatic N) is 3. The zero-order valence-electron chi connectivity index (χ0n) is 17.0. The summed E-state index contributed by atoms with van der Waals surface area (Å²) in [6.07, 6.45) is 10.5. The summed E-state index contributed by atoms with van der Waals surface area (Å²) in [6, 6.07) is 0. The molecule has 1 fully saturated rings. The van der Waals surface area contributed by atoms with E-state index in [1.165, 1.54) is 84.1 Å². The Bertz CT molecular complexity index is 263. The fraction of sp³-hybridized carbons (Fsp3) is 1.00. The molecule has 0 amide bonds. The summed E-state index contributed by atoms with van der Waals surface area (Å²) in [6.45, 7) is 17.8. The van der Waals surface area contributed by atoms with E-state index in [4.69, 9.17) is 0 Å². The van der Waals surface area contributed by atoms with Crippen LogP contribution in [-0.4, -0.2) is 60.7 Å². The molecule has 1 heterocycles. The Morgan fingerprint density at radius 2 is 1.25 bits per heavy atom. The Morgan fingerprint density at radius 3 is 1.71 bits per heavy atom. The largest absolute Gasteiger partial charge is 0.303 e. The molecule has 1 N–H and O–H groups in total. The van der Waals surface area contributed by atoms with Gasteiger partial charge in [-0.1, -0.05) is 40.5 Å². The van der Waals surface area contributed by atoms with Crippen molar-refractivity contribution in [3.63, 3.8) is 0 Å². The maximum absolute atomic E-state index is 3.60. The second-order valence-electron chi connectivity index (χ2n) is 7.55. The lowest BCUT2D eigenvalue weighted by Gasteiger charge is -2.41. The van der Waals surface area contributed by atoms with Gasteiger partial charge in [-0.2, -0.15) is 5.53 Å². The van der Waals surface area contributed by atoms with Gasteiger partial charge in [-0.05, 0) is 64.1 Å². The molecule has 1 saturated heterocycles. The lowest BCUT2D eigenvalue weighted by Crippen LogP contribution is -2.58. The first kappa shape index (κ1) is 21.9. The van der Waals surface area contributed by atoms with Crippen LogP contribution in [0, 0.1) is 5.92 Å². The van der Waals surface area contributed by atoms with E-state index in [0.717, 1.165) is 19.0 Å². The topological polar surface area (TPSA) is 21.8 Å². The van der Waals surface area contributed by atoms with Crippen molar-refractivity contribution in [2.75, 3.05) is 45.8 Å². The van der Waals surface area contributed by atoms with Crippen molar-refractivity contribution in [1.82, 2.24) is 20.5 Å². The second-order valence-corrected chi connectivity index (χ2v) is 7.55. The Kier molecular flexibility index (Phi) is 12.8. The third-order valence-electron chi connectivity index (χ3n) is 4.97. The maximum atomic E-state index is 3.60. The van der Waals surface area contributed by atoms with Crippen LogP contribution < -0.4 is 5.53 Å². The monoisotopic (exact) mass is 340 g/mol. The molecular formula is C20H44N4. The summed E-state index contributed by atoms with van der Waals surface area (Å²) in [4.78, 5) is 2.71. The quantitative estimate of drug-likeness (QED) is 0.513. The Morgan fingerprint density at radius 1 is 0.750 bits per heavy atom. The molecule has 0 spiro atoms.